The molecule has 0 bridgehead atoms. The van der Waals surface area contributed by atoms with Gasteiger partial charge in [0.15, 0.2) is 0 Å². The van der Waals surface area contributed by atoms with E-state index in [2.05, 4.69) is 21.2 Å². The summed E-state index contributed by atoms with van der Waals surface area (Å²) in [7, 11) is 0. The van der Waals surface area contributed by atoms with Gasteiger partial charge in [0.05, 0.1) is 0 Å². The van der Waals surface area contributed by atoms with Crippen LogP contribution in [0.2, 0.25) is 0 Å². The van der Waals surface area contributed by atoms with E-state index in [-0.39, 0.29) is 5.91 Å². The largest absolute Gasteiger partial charge is 0.351 e. The average Bonchev–Trinajstić information content (AvgIpc) is 2.82. The summed E-state index contributed by atoms with van der Waals surface area (Å²) in [6, 6.07) is 5.73. The highest BCUT2D eigenvalue weighted by molar-refractivity contribution is 9.10. The summed E-state index contributed by atoms with van der Waals surface area (Å²) < 4.78 is 0.986. The molecule has 0 saturated carbocycles. The van der Waals surface area contributed by atoms with Crippen LogP contribution in [-0.2, 0) is 0 Å². The first kappa shape index (κ1) is 13.0. The number of thioether (sulfide) groups is 1. The van der Waals surface area contributed by atoms with E-state index in [0.717, 1.165) is 22.1 Å². The molecule has 1 saturated heterocycles. The van der Waals surface area contributed by atoms with Crippen molar-refractivity contribution in [3.05, 3.63) is 33.8 Å². The Morgan fingerprint density at radius 1 is 1.59 bits per heavy atom. The zero-order chi connectivity index (χ0) is 12.3. The smallest absolute Gasteiger partial charge is 0.251 e. The molecule has 0 spiro atoms. The molecule has 1 atom stereocenters. The van der Waals surface area contributed by atoms with Gasteiger partial charge in [0, 0.05) is 21.8 Å². The third-order valence-corrected chi connectivity index (χ3v) is 5.28. The number of rotatable bonds is 3. The van der Waals surface area contributed by atoms with Crippen LogP contribution < -0.4 is 5.32 Å². The van der Waals surface area contributed by atoms with Crippen molar-refractivity contribution < 1.29 is 4.79 Å². The lowest BCUT2D eigenvalue weighted by Crippen LogP contribution is -2.30. The number of hydrogen-bond donors (Lipinski definition) is 1. The highest BCUT2D eigenvalue weighted by Gasteiger charge is 2.17. The minimum atomic E-state index is 0.0382. The molecule has 0 radical (unpaired) electrons. The fourth-order valence-corrected chi connectivity index (χ4v) is 3.53. The minimum absolute atomic E-state index is 0.0382. The van der Waals surface area contributed by atoms with Gasteiger partial charge >= 0.3 is 0 Å². The highest BCUT2D eigenvalue weighted by atomic mass is 79.9. The van der Waals surface area contributed by atoms with E-state index in [1.54, 1.807) is 0 Å². The van der Waals surface area contributed by atoms with Crippen LogP contribution in [0.5, 0.6) is 0 Å². The maximum Gasteiger partial charge on any atom is 0.251 e. The van der Waals surface area contributed by atoms with Crippen LogP contribution in [0.25, 0.3) is 0 Å². The van der Waals surface area contributed by atoms with Crippen molar-refractivity contribution in [3.63, 3.8) is 0 Å². The number of halogens is 1. The summed E-state index contributed by atoms with van der Waals surface area (Å²) in [5.74, 6) is 1.27. The Balaban J connectivity index is 1.97. The van der Waals surface area contributed by atoms with Crippen molar-refractivity contribution in [1.82, 2.24) is 5.32 Å². The monoisotopic (exact) mass is 313 g/mol. The number of benzene rings is 1. The first-order chi connectivity index (χ1) is 8.18. The molecule has 2 nitrogen and oxygen atoms in total. The van der Waals surface area contributed by atoms with Crippen LogP contribution in [-0.4, -0.2) is 23.5 Å². The van der Waals surface area contributed by atoms with E-state index in [0.29, 0.717) is 5.25 Å². The van der Waals surface area contributed by atoms with Gasteiger partial charge in [-0.05, 0) is 43.2 Å². The van der Waals surface area contributed by atoms with Crippen molar-refractivity contribution in [1.29, 1.82) is 0 Å². The molecule has 4 heteroatoms. The van der Waals surface area contributed by atoms with E-state index in [9.17, 15) is 4.79 Å². The second kappa shape index (κ2) is 5.91. The van der Waals surface area contributed by atoms with Gasteiger partial charge in [-0.2, -0.15) is 11.8 Å². The first-order valence-electron chi connectivity index (χ1n) is 5.83. The van der Waals surface area contributed by atoms with Crippen LogP contribution in [0.3, 0.4) is 0 Å². The fourth-order valence-electron chi connectivity index (χ4n) is 1.96. The second-order valence-electron chi connectivity index (χ2n) is 4.26. The Hall–Kier alpha value is -0.480. The molecular weight excluding hydrogens is 298 g/mol. The molecule has 0 aromatic heterocycles. The van der Waals surface area contributed by atoms with Crippen molar-refractivity contribution in [3.8, 4) is 0 Å². The molecule has 1 amide bonds. The number of carbonyl (C=O) groups excluding carboxylic acids is 1. The van der Waals surface area contributed by atoms with Crippen LogP contribution >= 0.6 is 27.7 Å². The SMILES string of the molecule is Cc1c(Br)cccc1C(=O)NCC1CCCS1. The zero-order valence-corrected chi connectivity index (χ0v) is 12.2. The molecular formula is C13H16BrNOS. The van der Waals surface area contributed by atoms with Crippen LogP contribution in [0.4, 0.5) is 0 Å². The van der Waals surface area contributed by atoms with Gasteiger partial charge in [-0.3, -0.25) is 4.79 Å². The molecule has 0 aliphatic carbocycles. The molecule has 1 aliphatic rings. The molecule has 1 heterocycles. The molecule has 1 N–H and O–H groups in total. The Morgan fingerprint density at radius 3 is 3.12 bits per heavy atom. The van der Waals surface area contributed by atoms with Crippen molar-refractivity contribution in [2.75, 3.05) is 12.3 Å². The first-order valence-corrected chi connectivity index (χ1v) is 7.67. The number of nitrogens with one attached hydrogen (secondary N) is 1. The predicted molar refractivity (Wildman–Crippen MR) is 76.7 cm³/mol. The molecule has 1 unspecified atom stereocenters. The zero-order valence-electron chi connectivity index (χ0n) is 9.83. The number of carbonyl (C=O) groups is 1. The van der Waals surface area contributed by atoms with Gasteiger partial charge in [-0.1, -0.05) is 22.0 Å². The van der Waals surface area contributed by atoms with Crippen molar-refractivity contribution in [2.45, 2.75) is 25.0 Å². The topological polar surface area (TPSA) is 29.1 Å². The van der Waals surface area contributed by atoms with Crippen LogP contribution in [0.1, 0.15) is 28.8 Å². The maximum atomic E-state index is 12.0. The van der Waals surface area contributed by atoms with Crippen LogP contribution in [0.15, 0.2) is 22.7 Å². The molecule has 1 aromatic rings. The molecule has 17 heavy (non-hydrogen) atoms. The standard InChI is InChI=1S/C13H16BrNOS/c1-9-11(5-2-6-12(9)14)13(16)15-8-10-4-3-7-17-10/h2,5-6,10H,3-4,7-8H2,1H3,(H,15,16). The second-order valence-corrected chi connectivity index (χ2v) is 6.52. The molecule has 92 valence electrons. The summed E-state index contributed by atoms with van der Waals surface area (Å²) in [6.45, 7) is 2.75. The Bertz CT molecular complexity index is 416. The van der Waals surface area contributed by atoms with E-state index in [1.807, 2.05) is 36.9 Å². The quantitative estimate of drug-likeness (QED) is 0.927. The molecule has 1 aromatic carbocycles. The third kappa shape index (κ3) is 3.26. The lowest BCUT2D eigenvalue weighted by Gasteiger charge is -2.12. The van der Waals surface area contributed by atoms with Gasteiger partial charge in [-0.15, -0.1) is 0 Å². The van der Waals surface area contributed by atoms with Gasteiger partial charge < -0.3 is 5.32 Å². The van der Waals surface area contributed by atoms with Crippen molar-refractivity contribution >= 4 is 33.6 Å². The molecule has 2 rings (SSSR count). The lowest BCUT2D eigenvalue weighted by molar-refractivity contribution is 0.0953. The summed E-state index contributed by atoms with van der Waals surface area (Å²) in [5, 5.41) is 3.63. The van der Waals surface area contributed by atoms with E-state index >= 15 is 0 Å². The summed E-state index contributed by atoms with van der Waals surface area (Å²) in [6.07, 6.45) is 2.50. The van der Waals surface area contributed by atoms with Crippen LogP contribution in [0, 0.1) is 6.92 Å². The average molecular weight is 314 g/mol. The van der Waals surface area contributed by atoms with Gasteiger partial charge in [0.1, 0.15) is 0 Å². The Kier molecular flexibility index (Phi) is 4.51. The normalized spacial score (nSPS) is 19.3. The van der Waals surface area contributed by atoms with Gasteiger partial charge in [-0.25, -0.2) is 0 Å². The maximum absolute atomic E-state index is 12.0. The van der Waals surface area contributed by atoms with Gasteiger partial charge in [0.2, 0.25) is 0 Å². The third-order valence-electron chi connectivity index (χ3n) is 3.03. The predicted octanol–water partition coefficient (Wildman–Crippen LogP) is 3.38. The van der Waals surface area contributed by atoms with E-state index in [4.69, 9.17) is 0 Å². The summed E-state index contributed by atoms with van der Waals surface area (Å²) in [4.78, 5) is 12.0. The number of hydrogen-bond acceptors (Lipinski definition) is 2. The van der Waals surface area contributed by atoms with E-state index < -0.39 is 0 Å². The summed E-state index contributed by atoms with van der Waals surface area (Å²) >= 11 is 5.41. The number of amides is 1. The van der Waals surface area contributed by atoms with E-state index in [1.165, 1.54) is 18.6 Å². The fraction of sp³-hybridized carbons (Fsp3) is 0.462. The Labute approximate surface area is 115 Å². The molecule has 1 fully saturated rings. The molecule has 1 aliphatic heterocycles. The Morgan fingerprint density at radius 2 is 2.41 bits per heavy atom. The van der Waals surface area contributed by atoms with Crippen molar-refractivity contribution in [2.24, 2.45) is 0 Å². The lowest BCUT2D eigenvalue weighted by atomic mass is 10.1. The highest BCUT2D eigenvalue weighted by Crippen LogP contribution is 2.25. The summed E-state index contributed by atoms with van der Waals surface area (Å²) in [5.41, 5.74) is 1.77. The van der Waals surface area contributed by atoms with Gasteiger partial charge in [0.25, 0.3) is 5.91 Å². The minimum Gasteiger partial charge on any atom is -0.351 e.